The molecule has 3 nitrogen and oxygen atoms in total. The Kier molecular flexibility index (Phi) is 4.30. The van der Waals surface area contributed by atoms with Gasteiger partial charge in [-0.3, -0.25) is 0 Å². The van der Waals surface area contributed by atoms with Crippen LogP contribution in [0.25, 0.3) is 0 Å². The summed E-state index contributed by atoms with van der Waals surface area (Å²) < 4.78 is 0. The molecule has 0 bridgehead atoms. The number of hydrogen-bond donors (Lipinski definition) is 1. The van der Waals surface area contributed by atoms with E-state index in [0.717, 1.165) is 37.3 Å². The molecule has 0 amide bonds. The van der Waals surface area contributed by atoms with Crippen molar-refractivity contribution in [3.63, 3.8) is 0 Å². The van der Waals surface area contributed by atoms with Gasteiger partial charge in [-0.05, 0) is 36.4 Å². The number of rotatable bonds is 5. The van der Waals surface area contributed by atoms with E-state index >= 15 is 0 Å². The molecule has 1 aliphatic carbocycles. The van der Waals surface area contributed by atoms with Crippen molar-refractivity contribution in [2.45, 2.75) is 39.2 Å². The predicted octanol–water partition coefficient (Wildman–Crippen LogP) is 3.30. The van der Waals surface area contributed by atoms with Gasteiger partial charge in [0.2, 0.25) is 0 Å². The lowest BCUT2D eigenvalue weighted by atomic mass is 10.0. The van der Waals surface area contributed by atoms with Crippen LogP contribution < -0.4 is 5.32 Å². The Hall–Kier alpha value is -1.74. The third-order valence-electron chi connectivity index (χ3n) is 4.05. The van der Waals surface area contributed by atoms with E-state index in [9.17, 15) is 0 Å². The zero-order valence-corrected chi connectivity index (χ0v) is 12.8. The first-order valence-corrected chi connectivity index (χ1v) is 7.83. The third-order valence-corrected chi connectivity index (χ3v) is 4.05. The van der Waals surface area contributed by atoms with E-state index < -0.39 is 0 Å². The molecule has 0 aliphatic heterocycles. The number of benzene rings is 1. The second-order valence-electron chi connectivity index (χ2n) is 6.26. The summed E-state index contributed by atoms with van der Waals surface area (Å²) in [7, 11) is 0. The van der Waals surface area contributed by atoms with Gasteiger partial charge in [0.25, 0.3) is 0 Å². The first-order chi connectivity index (χ1) is 10.2. The predicted molar refractivity (Wildman–Crippen MR) is 85.2 cm³/mol. The maximum Gasteiger partial charge on any atom is 0.135 e. The molecule has 1 N–H and O–H groups in total. The average Bonchev–Trinajstić information content (AvgIpc) is 2.92. The SMILES string of the molecule is CC(C)CNCc1cnc(C2CCc3ccccc32)nc1. The normalized spacial score (nSPS) is 17.2. The minimum absolute atomic E-state index is 0.374. The van der Waals surface area contributed by atoms with Gasteiger partial charge in [0.15, 0.2) is 0 Å². The van der Waals surface area contributed by atoms with E-state index in [4.69, 9.17) is 0 Å². The van der Waals surface area contributed by atoms with Crippen molar-refractivity contribution in [1.29, 1.82) is 0 Å². The van der Waals surface area contributed by atoms with Gasteiger partial charge in [0.1, 0.15) is 5.82 Å². The molecule has 0 spiro atoms. The fourth-order valence-electron chi connectivity index (χ4n) is 2.97. The molecule has 1 atom stereocenters. The molecule has 21 heavy (non-hydrogen) atoms. The number of fused-ring (bicyclic) bond motifs is 1. The van der Waals surface area contributed by atoms with E-state index in [1.165, 1.54) is 11.1 Å². The van der Waals surface area contributed by atoms with Crippen LogP contribution >= 0.6 is 0 Å². The Morgan fingerprint density at radius 3 is 2.71 bits per heavy atom. The zero-order chi connectivity index (χ0) is 14.7. The Morgan fingerprint density at radius 2 is 1.95 bits per heavy atom. The van der Waals surface area contributed by atoms with Gasteiger partial charge in [-0.1, -0.05) is 38.1 Å². The van der Waals surface area contributed by atoms with Crippen molar-refractivity contribution in [2.75, 3.05) is 6.54 Å². The topological polar surface area (TPSA) is 37.8 Å². The Morgan fingerprint density at radius 1 is 1.19 bits per heavy atom. The van der Waals surface area contributed by atoms with Crippen LogP contribution in [0, 0.1) is 5.92 Å². The molecule has 3 rings (SSSR count). The Balaban J connectivity index is 1.68. The van der Waals surface area contributed by atoms with Crippen LogP contribution in [0.4, 0.5) is 0 Å². The molecule has 1 aromatic carbocycles. The maximum atomic E-state index is 4.61. The zero-order valence-electron chi connectivity index (χ0n) is 12.8. The number of aromatic nitrogens is 2. The second-order valence-corrected chi connectivity index (χ2v) is 6.26. The van der Waals surface area contributed by atoms with E-state index in [2.05, 4.69) is 53.4 Å². The summed E-state index contributed by atoms with van der Waals surface area (Å²) in [6.45, 7) is 6.30. The lowest BCUT2D eigenvalue weighted by Gasteiger charge is -2.11. The molecule has 0 saturated carbocycles. The summed E-state index contributed by atoms with van der Waals surface area (Å²) in [6.07, 6.45) is 6.21. The Bertz CT molecular complexity index is 590. The van der Waals surface area contributed by atoms with Crippen molar-refractivity contribution in [3.8, 4) is 0 Å². The van der Waals surface area contributed by atoms with Crippen LogP contribution in [0.5, 0.6) is 0 Å². The van der Waals surface area contributed by atoms with Crippen molar-refractivity contribution in [2.24, 2.45) is 5.92 Å². The molecule has 1 aliphatic rings. The lowest BCUT2D eigenvalue weighted by Crippen LogP contribution is -2.19. The monoisotopic (exact) mass is 281 g/mol. The van der Waals surface area contributed by atoms with E-state index in [0.29, 0.717) is 11.8 Å². The van der Waals surface area contributed by atoms with Crippen molar-refractivity contribution < 1.29 is 0 Å². The van der Waals surface area contributed by atoms with Crippen molar-refractivity contribution in [3.05, 3.63) is 59.2 Å². The van der Waals surface area contributed by atoms with E-state index in [1.807, 2.05) is 12.4 Å². The molecule has 0 radical (unpaired) electrons. The average molecular weight is 281 g/mol. The summed E-state index contributed by atoms with van der Waals surface area (Å²) in [6, 6.07) is 8.67. The van der Waals surface area contributed by atoms with E-state index in [1.54, 1.807) is 0 Å². The fourth-order valence-corrected chi connectivity index (χ4v) is 2.97. The summed E-state index contributed by atoms with van der Waals surface area (Å²) in [5.41, 5.74) is 4.02. The van der Waals surface area contributed by atoms with Gasteiger partial charge in [0, 0.05) is 30.4 Å². The molecule has 0 saturated heterocycles. The van der Waals surface area contributed by atoms with Gasteiger partial charge in [0.05, 0.1) is 0 Å². The molecule has 3 heteroatoms. The van der Waals surface area contributed by atoms with Crippen molar-refractivity contribution >= 4 is 0 Å². The highest BCUT2D eigenvalue weighted by atomic mass is 14.9. The van der Waals surface area contributed by atoms with Crippen LogP contribution in [0.2, 0.25) is 0 Å². The van der Waals surface area contributed by atoms with Gasteiger partial charge in [-0.15, -0.1) is 0 Å². The molecule has 1 heterocycles. The second kappa shape index (κ2) is 6.35. The quantitative estimate of drug-likeness (QED) is 0.913. The highest BCUT2D eigenvalue weighted by molar-refractivity contribution is 5.38. The van der Waals surface area contributed by atoms with Crippen LogP contribution in [0.3, 0.4) is 0 Å². The minimum atomic E-state index is 0.374. The van der Waals surface area contributed by atoms with Gasteiger partial charge < -0.3 is 5.32 Å². The van der Waals surface area contributed by atoms with E-state index in [-0.39, 0.29) is 0 Å². The molecule has 1 aromatic heterocycles. The minimum Gasteiger partial charge on any atom is -0.312 e. The van der Waals surface area contributed by atoms with Gasteiger partial charge in [-0.25, -0.2) is 9.97 Å². The highest BCUT2D eigenvalue weighted by Gasteiger charge is 2.25. The van der Waals surface area contributed by atoms with Crippen LogP contribution in [-0.2, 0) is 13.0 Å². The van der Waals surface area contributed by atoms with Crippen LogP contribution in [-0.4, -0.2) is 16.5 Å². The number of aryl methyl sites for hydroxylation is 1. The van der Waals surface area contributed by atoms with Gasteiger partial charge in [-0.2, -0.15) is 0 Å². The molecule has 0 fully saturated rings. The smallest absolute Gasteiger partial charge is 0.135 e. The lowest BCUT2D eigenvalue weighted by molar-refractivity contribution is 0.550. The molecule has 2 aromatic rings. The molecule has 110 valence electrons. The summed E-state index contributed by atoms with van der Waals surface area (Å²) in [5.74, 6) is 2.01. The largest absolute Gasteiger partial charge is 0.312 e. The van der Waals surface area contributed by atoms with Crippen molar-refractivity contribution in [1.82, 2.24) is 15.3 Å². The highest BCUT2D eigenvalue weighted by Crippen LogP contribution is 2.35. The summed E-state index contributed by atoms with van der Waals surface area (Å²) in [4.78, 5) is 9.21. The summed E-state index contributed by atoms with van der Waals surface area (Å²) in [5, 5.41) is 3.43. The summed E-state index contributed by atoms with van der Waals surface area (Å²) >= 11 is 0. The van der Waals surface area contributed by atoms with Crippen LogP contribution in [0.15, 0.2) is 36.7 Å². The molecular weight excluding hydrogens is 258 g/mol. The first kappa shape index (κ1) is 14.2. The number of nitrogens with one attached hydrogen (secondary N) is 1. The standard InChI is InChI=1S/C18H23N3/c1-13(2)9-19-10-14-11-20-18(21-12-14)17-8-7-15-5-3-4-6-16(15)17/h3-6,11-13,17,19H,7-10H2,1-2H3. The first-order valence-electron chi connectivity index (χ1n) is 7.83. The van der Waals surface area contributed by atoms with Crippen LogP contribution in [0.1, 0.15) is 48.7 Å². The van der Waals surface area contributed by atoms with Gasteiger partial charge >= 0.3 is 0 Å². The maximum absolute atomic E-state index is 4.61. The third kappa shape index (κ3) is 3.30. The number of nitrogens with zero attached hydrogens (tertiary/aromatic N) is 2. The molecule has 1 unspecified atom stereocenters. The molecular formula is C18H23N3. The number of hydrogen-bond acceptors (Lipinski definition) is 3. The fraction of sp³-hybridized carbons (Fsp3) is 0.444. The Labute approximate surface area is 126 Å².